The van der Waals surface area contributed by atoms with Crippen LogP contribution in [0.3, 0.4) is 0 Å². The van der Waals surface area contributed by atoms with Crippen molar-refractivity contribution in [2.45, 2.75) is 44.6 Å². The third kappa shape index (κ3) is 3.43. The van der Waals surface area contributed by atoms with Gasteiger partial charge in [0.05, 0.1) is 6.10 Å². The average molecular weight is 198 g/mol. The molecule has 1 aliphatic carbocycles. The summed E-state index contributed by atoms with van der Waals surface area (Å²) >= 11 is 0. The van der Waals surface area contributed by atoms with Crippen molar-refractivity contribution in [2.24, 2.45) is 11.8 Å². The fraction of sp³-hybridized carbons (Fsp3) is 0.833. The molecule has 0 spiro atoms. The van der Waals surface area contributed by atoms with Crippen molar-refractivity contribution in [3.63, 3.8) is 0 Å². The quantitative estimate of drug-likeness (QED) is 0.664. The Morgan fingerprint density at radius 3 is 2.43 bits per heavy atom. The summed E-state index contributed by atoms with van der Waals surface area (Å²) in [6.07, 6.45) is 7.88. The number of allylic oxidation sites excluding steroid dienone is 1. The number of aliphatic hydroxyl groups excluding tert-OH is 2. The van der Waals surface area contributed by atoms with E-state index in [4.69, 9.17) is 5.11 Å². The molecule has 82 valence electrons. The molecule has 14 heavy (non-hydrogen) atoms. The molecule has 1 fully saturated rings. The zero-order valence-electron chi connectivity index (χ0n) is 8.86. The Morgan fingerprint density at radius 1 is 1.29 bits per heavy atom. The summed E-state index contributed by atoms with van der Waals surface area (Å²) in [5.74, 6) is 1.12. The Kier molecular flexibility index (Phi) is 5.20. The van der Waals surface area contributed by atoms with Gasteiger partial charge in [-0.1, -0.05) is 6.08 Å². The zero-order valence-corrected chi connectivity index (χ0v) is 8.86. The van der Waals surface area contributed by atoms with Crippen LogP contribution in [-0.4, -0.2) is 22.9 Å². The van der Waals surface area contributed by atoms with Crippen molar-refractivity contribution in [3.8, 4) is 0 Å². The van der Waals surface area contributed by atoms with E-state index in [1.165, 1.54) is 12.8 Å². The topological polar surface area (TPSA) is 40.5 Å². The lowest BCUT2D eigenvalue weighted by atomic mass is 9.78. The second-order valence-electron chi connectivity index (χ2n) is 4.34. The Bertz CT molecular complexity index is 160. The highest BCUT2D eigenvalue weighted by molar-refractivity contribution is 4.85. The van der Waals surface area contributed by atoms with E-state index in [0.29, 0.717) is 11.8 Å². The largest absolute Gasteiger partial charge is 0.396 e. The van der Waals surface area contributed by atoms with E-state index in [1.54, 1.807) is 0 Å². The lowest BCUT2D eigenvalue weighted by molar-refractivity contribution is 0.0649. The van der Waals surface area contributed by atoms with Gasteiger partial charge in [-0.05, 0) is 50.4 Å². The maximum absolute atomic E-state index is 9.83. The summed E-state index contributed by atoms with van der Waals surface area (Å²) in [5, 5.41) is 18.5. The molecule has 1 rings (SSSR count). The summed E-state index contributed by atoms with van der Waals surface area (Å²) in [6, 6.07) is 0. The standard InChI is InChI=1S/C12H22O2/c1-2-10-5-7-11(8-6-10)12(14)4-3-9-13/h2,10-14H,1,3-9H2/t10?,11?,12-/m1/s1. The molecule has 1 aliphatic rings. The van der Waals surface area contributed by atoms with Crippen LogP contribution in [0, 0.1) is 11.8 Å². The number of rotatable bonds is 5. The van der Waals surface area contributed by atoms with Gasteiger partial charge in [0.2, 0.25) is 0 Å². The normalized spacial score (nSPS) is 29.9. The number of hydrogen-bond donors (Lipinski definition) is 2. The molecule has 0 bridgehead atoms. The van der Waals surface area contributed by atoms with Gasteiger partial charge in [0, 0.05) is 6.61 Å². The first-order valence-corrected chi connectivity index (χ1v) is 5.69. The minimum atomic E-state index is -0.201. The van der Waals surface area contributed by atoms with Crippen molar-refractivity contribution >= 4 is 0 Å². The molecule has 1 saturated carbocycles. The molecule has 0 unspecified atom stereocenters. The highest BCUT2D eigenvalue weighted by atomic mass is 16.3. The average Bonchev–Trinajstić information content (AvgIpc) is 2.26. The van der Waals surface area contributed by atoms with E-state index in [1.807, 2.05) is 6.08 Å². The smallest absolute Gasteiger partial charge is 0.0569 e. The second kappa shape index (κ2) is 6.20. The molecule has 0 saturated heterocycles. The fourth-order valence-electron chi connectivity index (χ4n) is 2.30. The molecule has 2 nitrogen and oxygen atoms in total. The highest BCUT2D eigenvalue weighted by Gasteiger charge is 2.24. The van der Waals surface area contributed by atoms with Crippen LogP contribution >= 0.6 is 0 Å². The molecule has 0 aromatic carbocycles. The first-order chi connectivity index (χ1) is 6.77. The Hall–Kier alpha value is -0.340. The molecule has 0 aromatic heterocycles. The molecular formula is C12H22O2. The summed E-state index contributed by atoms with van der Waals surface area (Å²) in [5.41, 5.74) is 0. The van der Waals surface area contributed by atoms with Crippen molar-refractivity contribution in [1.82, 2.24) is 0 Å². The Labute approximate surface area is 86.6 Å². The summed E-state index contributed by atoms with van der Waals surface area (Å²) in [6.45, 7) is 4.00. The second-order valence-corrected chi connectivity index (χ2v) is 4.34. The summed E-state index contributed by atoms with van der Waals surface area (Å²) in [4.78, 5) is 0. The van der Waals surface area contributed by atoms with Gasteiger partial charge in [0.25, 0.3) is 0 Å². The monoisotopic (exact) mass is 198 g/mol. The SMILES string of the molecule is C=CC1CCC([C@H](O)CCCO)CC1. The number of hydrogen-bond acceptors (Lipinski definition) is 2. The molecule has 2 N–H and O–H groups in total. The van der Waals surface area contributed by atoms with E-state index in [0.717, 1.165) is 25.7 Å². The van der Waals surface area contributed by atoms with E-state index < -0.39 is 0 Å². The molecule has 2 heteroatoms. The first-order valence-electron chi connectivity index (χ1n) is 5.69. The Balaban J connectivity index is 2.22. The van der Waals surface area contributed by atoms with Crippen LogP contribution < -0.4 is 0 Å². The first kappa shape index (κ1) is 11.7. The third-order valence-corrected chi connectivity index (χ3v) is 3.35. The predicted octanol–water partition coefficient (Wildman–Crippen LogP) is 2.11. The van der Waals surface area contributed by atoms with E-state index in [2.05, 4.69) is 6.58 Å². The highest BCUT2D eigenvalue weighted by Crippen LogP contribution is 2.32. The van der Waals surface area contributed by atoms with Gasteiger partial charge in [-0.25, -0.2) is 0 Å². The predicted molar refractivity (Wildman–Crippen MR) is 58.0 cm³/mol. The van der Waals surface area contributed by atoms with Crippen LogP contribution in [0.15, 0.2) is 12.7 Å². The van der Waals surface area contributed by atoms with Crippen LogP contribution in [0.1, 0.15) is 38.5 Å². The molecule has 0 amide bonds. The van der Waals surface area contributed by atoms with Crippen LogP contribution in [-0.2, 0) is 0 Å². The van der Waals surface area contributed by atoms with Crippen molar-refractivity contribution in [1.29, 1.82) is 0 Å². The zero-order chi connectivity index (χ0) is 10.4. The van der Waals surface area contributed by atoms with Crippen LogP contribution in [0.4, 0.5) is 0 Å². The van der Waals surface area contributed by atoms with Gasteiger partial charge in [-0.15, -0.1) is 6.58 Å². The van der Waals surface area contributed by atoms with Gasteiger partial charge < -0.3 is 10.2 Å². The van der Waals surface area contributed by atoms with Crippen LogP contribution in [0.5, 0.6) is 0 Å². The van der Waals surface area contributed by atoms with Gasteiger partial charge in [0.15, 0.2) is 0 Å². The lowest BCUT2D eigenvalue weighted by Gasteiger charge is -2.30. The third-order valence-electron chi connectivity index (χ3n) is 3.35. The van der Waals surface area contributed by atoms with Gasteiger partial charge in [-0.2, -0.15) is 0 Å². The van der Waals surface area contributed by atoms with E-state index in [-0.39, 0.29) is 12.7 Å². The van der Waals surface area contributed by atoms with E-state index >= 15 is 0 Å². The fourth-order valence-corrected chi connectivity index (χ4v) is 2.30. The van der Waals surface area contributed by atoms with Gasteiger partial charge in [0.1, 0.15) is 0 Å². The molecule has 0 aliphatic heterocycles. The van der Waals surface area contributed by atoms with E-state index in [9.17, 15) is 5.11 Å². The molecule has 1 atom stereocenters. The maximum Gasteiger partial charge on any atom is 0.0569 e. The van der Waals surface area contributed by atoms with Crippen LogP contribution in [0.25, 0.3) is 0 Å². The molecule has 0 heterocycles. The van der Waals surface area contributed by atoms with Crippen molar-refractivity contribution in [3.05, 3.63) is 12.7 Å². The maximum atomic E-state index is 9.83. The molecule has 0 radical (unpaired) electrons. The van der Waals surface area contributed by atoms with Crippen LogP contribution in [0.2, 0.25) is 0 Å². The summed E-state index contributed by atoms with van der Waals surface area (Å²) in [7, 11) is 0. The lowest BCUT2D eigenvalue weighted by Crippen LogP contribution is -2.25. The minimum Gasteiger partial charge on any atom is -0.396 e. The molecular weight excluding hydrogens is 176 g/mol. The molecule has 0 aromatic rings. The van der Waals surface area contributed by atoms with Gasteiger partial charge in [-0.3, -0.25) is 0 Å². The summed E-state index contributed by atoms with van der Waals surface area (Å²) < 4.78 is 0. The number of aliphatic hydroxyl groups is 2. The van der Waals surface area contributed by atoms with Crippen molar-refractivity contribution in [2.75, 3.05) is 6.61 Å². The minimum absolute atomic E-state index is 0.194. The Morgan fingerprint density at radius 2 is 1.93 bits per heavy atom. The van der Waals surface area contributed by atoms with Gasteiger partial charge >= 0.3 is 0 Å². The van der Waals surface area contributed by atoms with Crippen molar-refractivity contribution < 1.29 is 10.2 Å².